The van der Waals surface area contributed by atoms with Gasteiger partial charge in [0.25, 0.3) is 0 Å². The molecule has 26 heavy (non-hydrogen) atoms. The highest BCUT2D eigenvalue weighted by atomic mass is 32.2. The monoisotopic (exact) mass is 368 g/mol. The Morgan fingerprint density at radius 1 is 1.12 bits per heavy atom. The van der Waals surface area contributed by atoms with Gasteiger partial charge in [-0.15, -0.1) is 5.10 Å². The normalized spacial score (nSPS) is 11.9. The van der Waals surface area contributed by atoms with Crippen LogP contribution in [0.2, 0.25) is 0 Å². The molecular weight excluding hydrogens is 352 g/mol. The summed E-state index contributed by atoms with van der Waals surface area (Å²) in [4.78, 5) is 4.43. The van der Waals surface area contributed by atoms with E-state index in [4.69, 9.17) is 5.73 Å². The molecule has 132 valence electrons. The van der Waals surface area contributed by atoms with Crippen molar-refractivity contribution in [2.45, 2.75) is 4.90 Å². The van der Waals surface area contributed by atoms with Crippen LogP contribution in [0.1, 0.15) is 0 Å². The lowest BCUT2D eigenvalue weighted by atomic mass is 10.0. The van der Waals surface area contributed by atoms with Gasteiger partial charge in [-0.3, -0.25) is 4.68 Å². The molecule has 0 aliphatic rings. The molecule has 3 aromatic heterocycles. The molecule has 0 amide bonds. The van der Waals surface area contributed by atoms with Crippen LogP contribution in [0.4, 0.5) is 5.95 Å². The number of fused-ring (bicyclic) bond motifs is 1. The number of anilines is 1. The lowest BCUT2D eigenvalue weighted by molar-refractivity contribution is 0.602. The molecule has 0 fully saturated rings. The van der Waals surface area contributed by atoms with Gasteiger partial charge in [-0.25, -0.2) is 12.9 Å². The highest BCUT2D eigenvalue weighted by molar-refractivity contribution is 7.90. The molecule has 4 aromatic rings. The lowest BCUT2D eigenvalue weighted by Crippen LogP contribution is -2.01. The van der Waals surface area contributed by atoms with Gasteiger partial charge < -0.3 is 5.73 Å². The van der Waals surface area contributed by atoms with Crippen molar-refractivity contribution < 1.29 is 8.42 Å². The van der Waals surface area contributed by atoms with E-state index in [0.717, 1.165) is 11.1 Å². The Kier molecular flexibility index (Phi) is 3.55. The van der Waals surface area contributed by atoms with E-state index in [9.17, 15) is 8.42 Å². The summed E-state index contributed by atoms with van der Waals surface area (Å²) in [5, 5.41) is 8.50. The number of hydrogen-bond donors (Lipinski definition) is 1. The molecule has 0 bridgehead atoms. The minimum absolute atomic E-state index is 0.147. The van der Waals surface area contributed by atoms with Crippen molar-refractivity contribution in [1.29, 1.82) is 0 Å². The van der Waals surface area contributed by atoms with Crippen molar-refractivity contribution >= 4 is 21.4 Å². The molecule has 0 unspecified atom stereocenters. The molecule has 1 aromatic carbocycles. The zero-order valence-corrected chi connectivity index (χ0v) is 15.0. The zero-order valence-electron chi connectivity index (χ0n) is 14.2. The minimum Gasteiger partial charge on any atom is -0.366 e. The van der Waals surface area contributed by atoms with Gasteiger partial charge in [0.05, 0.1) is 16.8 Å². The van der Waals surface area contributed by atoms with Crippen LogP contribution in [0.15, 0.2) is 53.7 Å². The summed E-state index contributed by atoms with van der Waals surface area (Å²) in [6, 6.07) is 10.5. The highest BCUT2D eigenvalue weighted by Crippen LogP contribution is 2.33. The smallest absolute Gasteiger partial charge is 0.240 e. The third kappa shape index (κ3) is 2.72. The molecule has 9 heteroatoms. The molecule has 3 heterocycles. The molecule has 0 aliphatic carbocycles. The number of pyridine rings is 1. The first-order valence-corrected chi connectivity index (χ1v) is 9.67. The van der Waals surface area contributed by atoms with E-state index in [0.29, 0.717) is 16.9 Å². The number of hydrogen-bond acceptors (Lipinski definition) is 6. The van der Waals surface area contributed by atoms with E-state index in [1.807, 2.05) is 31.4 Å². The molecule has 8 nitrogen and oxygen atoms in total. The van der Waals surface area contributed by atoms with E-state index < -0.39 is 9.84 Å². The number of nitrogens with two attached hydrogens (primary N) is 1. The second-order valence-corrected chi connectivity index (χ2v) is 8.05. The van der Waals surface area contributed by atoms with Crippen LogP contribution in [-0.4, -0.2) is 39.1 Å². The van der Waals surface area contributed by atoms with Gasteiger partial charge in [-0.05, 0) is 24.3 Å². The fourth-order valence-electron chi connectivity index (χ4n) is 2.91. The van der Waals surface area contributed by atoms with Crippen molar-refractivity contribution in [1.82, 2.24) is 24.4 Å². The van der Waals surface area contributed by atoms with Crippen LogP contribution in [-0.2, 0) is 16.9 Å². The topological polar surface area (TPSA) is 108 Å². The number of aryl methyl sites for hydroxylation is 1. The van der Waals surface area contributed by atoms with Crippen LogP contribution in [0.3, 0.4) is 0 Å². The molecule has 0 atom stereocenters. The van der Waals surface area contributed by atoms with E-state index in [1.54, 1.807) is 33.6 Å². The Labute approximate surface area is 149 Å². The van der Waals surface area contributed by atoms with Gasteiger partial charge in [-0.2, -0.15) is 10.1 Å². The second-order valence-electron chi connectivity index (χ2n) is 6.04. The largest absolute Gasteiger partial charge is 0.366 e. The number of benzene rings is 1. The Morgan fingerprint density at radius 2 is 1.92 bits per heavy atom. The van der Waals surface area contributed by atoms with Crippen molar-refractivity contribution in [3.63, 3.8) is 0 Å². The third-order valence-electron chi connectivity index (χ3n) is 4.07. The molecule has 2 N–H and O–H groups in total. The van der Waals surface area contributed by atoms with Crippen molar-refractivity contribution in [3.05, 3.63) is 48.8 Å². The van der Waals surface area contributed by atoms with Crippen LogP contribution in [0.5, 0.6) is 0 Å². The van der Waals surface area contributed by atoms with Gasteiger partial charge >= 0.3 is 0 Å². The minimum atomic E-state index is -3.34. The number of sulfone groups is 1. The highest BCUT2D eigenvalue weighted by Gasteiger charge is 2.17. The lowest BCUT2D eigenvalue weighted by Gasteiger charge is -2.11. The number of nitrogens with zero attached hydrogens (tertiary/aromatic N) is 5. The van der Waals surface area contributed by atoms with Gasteiger partial charge in [0.2, 0.25) is 5.95 Å². The third-order valence-corrected chi connectivity index (χ3v) is 5.18. The molecule has 4 rings (SSSR count). The van der Waals surface area contributed by atoms with Crippen molar-refractivity contribution in [3.8, 4) is 22.4 Å². The fraction of sp³-hybridized carbons (Fsp3) is 0.118. The summed E-state index contributed by atoms with van der Waals surface area (Å²) in [5.41, 5.74) is 9.47. The standard InChI is InChI=1S/C17H16N6O2S/c1-22-10-12(9-19-22)14-6-7-15-20-17(18)21-23(15)16(14)11-4-3-5-13(8-11)26(2,24)25/h3-10H,1-2H3,(H2,18,21). The predicted octanol–water partition coefficient (Wildman–Crippen LogP) is 1.78. The van der Waals surface area contributed by atoms with Gasteiger partial charge in [-0.1, -0.05) is 12.1 Å². The first-order valence-electron chi connectivity index (χ1n) is 7.78. The van der Waals surface area contributed by atoms with Gasteiger partial charge in [0.1, 0.15) is 0 Å². The molecule has 0 radical (unpaired) electrons. The summed E-state index contributed by atoms with van der Waals surface area (Å²) >= 11 is 0. The van der Waals surface area contributed by atoms with Crippen molar-refractivity contribution in [2.24, 2.45) is 7.05 Å². The zero-order chi connectivity index (χ0) is 18.5. The van der Waals surface area contributed by atoms with Gasteiger partial charge in [0, 0.05) is 36.2 Å². The predicted molar refractivity (Wildman–Crippen MR) is 98.1 cm³/mol. The average Bonchev–Trinajstić information content (AvgIpc) is 3.17. The molecule has 0 saturated carbocycles. The maximum absolute atomic E-state index is 12.0. The maximum atomic E-state index is 12.0. The summed E-state index contributed by atoms with van der Waals surface area (Å²) in [5.74, 6) is 0.147. The summed E-state index contributed by atoms with van der Waals surface area (Å²) in [7, 11) is -1.51. The summed E-state index contributed by atoms with van der Waals surface area (Å²) in [6.45, 7) is 0. The first-order chi connectivity index (χ1) is 12.3. The van der Waals surface area contributed by atoms with Crippen molar-refractivity contribution in [2.75, 3.05) is 12.0 Å². The SMILES string of the molecule is Cn1cc(-c2ccc3nc(N)nn3c2-c2cccc(S(C)(=O)=O)c2)cn1. The van der Waals surface area contributed by atoms with Crippen LogP contribution in [0.25, 0.3) is 28.0 Å². The Morgan fingerprint density at radius 3 is 2.62 bits per heavy atom. The molecule has 0 aliphatic heterocycles. The van der Waals surface area contributed by atoms with E-state index in [-0.39, 0.29) is 10.8 Å². The average molecular weight is 368 g/mol. The maximum Gasteiger partial charge on any atom is 0.240 e. The Hall–Kier alpha value is -3.20. The molecule has 0 spiro atoms. The van der Waals surface area contributed by atoms with Gasteiger partial charge in [0.15, 0.2) is 15.5 Å². The van der Waals surface area contributed by atoms with E-state index in [2.05, 4.69) is 15.2 Å². The fourth-order valence-corrected chi connectivity index (χ4v) is 3.58. The Balaban J connectivity index is 2.07. The number of rotatable bonds is 3. The first kappa shape index (κ1) is 16.3. The summed E-state index contributed by atoms with van der Waals surface area (Å²) < 4.78 is 27.3. The second kappa shape index (κ2) is 5.67. The van der Waals surface area contributed by atoms with E-state index >= 15 is 0 Å². The number of aromatic nitrogens is 5. The summed E-state index contributed by atoms with van der Waals surface area (Å²) in [6.07, 6.45) is 4.80. The molecule has 0 saturated heterocycles. The quantitative estimate of drug-likeness (QED) is 0.590. The number of nitrogen functional groups attached to an aromatic ring is 1. The molecular formula is C17H16N6O2S. The van der Waals surface area contributed by atoms with Crippen LogP contribution >= 0.6 is 0 Å². The van der Waals surface area contributed by atoms with Crippen LogP contribution in [0, 0.1) is 0 Å². The Bertz CT molecular complexity index is 1240. The van der Waals surface area contributed by atoms with Crippen LogP contribution < -0.4 is 5.73 Å². The van der Waals surface area contributed by atoms with E-state index in [1.165, 1.54) is 6.26 Å².